The number of primary amides is 1. The highest BCUT2D eigenvalue weighted by molar-refractivity contribution is 9.10. The number of nitrogens with two attached hydrogens (primary N) is 2. The number of hydrogen-bond donors (Lipinski definition) is 3. The number of carbonyl (C=O) groups is 1. The molecule has 0 radical (unpaired) electrons. The Balaban J connectivity index is 2.72. The first kappa shape index (κ1) is 16.9. The highest BCUT2D eigenvalue weighted by Crippen LogP contribution is 2.26. The molecule has 0 fully saturated rings. The number of anilines is 1. The van der Waals surface area contributed by atoms with Gasteiger partial charge in [-0.3, -0.25) is 4.79 Å². The zero-order chi connectivity index (χ0) is 15.3. The monoisotopic (exact) mass is 363 g/mol. The molecule has 5 N–H and O–H groups in total. The van der Waals surface area contributed by atoms with Crippen LogP contribution in [-0.4, -0.2) is 20.9 Å². The minimum Gasteiger partial charge on any atom is -0.398 e. The van der Waals surface area contributed by atoms with Crippen LogP contribution in [0.25, 0.3) is 0 Å². The predicted octanol–water partition coefficient (Wildman–Crippen LogP) is 1.27. The third-order valence-electron chi connectivity index (χ3n) is 2.80. The molecule has 0 aliphatic heterocycles. The predicted molar refractivity (Wildman–Crippen MR) is 81.5 cm³/mol. The summed E-state index contributed by atoms with van der Waals surface area (Å²) in [6.07, 6.45) is 1.35. The van der Waals surface area contributed by atoms with Crippen molar-refractivity contribution >= 4 is 37.5 Å². The van der Waals surface area contributed by atoms with Gasteiger partial charge in [-0.05, 0) is 37.5 Å². The second-order valence-electron chi connectivity index (χ2n) is 4.44. The highest BCUT2D eigenvalue weighted by Gasteiger charge is 2.18. The van der Waals surface area contributed by atoms with Crippen LogP contribution in [0.4, 0.5) is 5.69 Å². The summed E-state index contributed by atoms with van der Waals surface area (Å²) in [6, 6.07) is 3.17. The normalized spacial score (nSPS) is 11.5. The van der Waals surface area contributed by atoms with E-state index < -0.39 is 10.0 Å². The van der Waals surface area contributed by atoms with Gasteiger partial charge in [-0.2, -0.15) is 0 Å². The molecule has 1 rings (SSSR count). The van der Waals surface area contributed by atoms with Gasteiger partial charge in [0.05, 0.1) is 4.90 Å². The zero-order valence-electron chi connectivity index (χ0n) is 11.1. The van der Waals surface area contributed by atoms with E-state index in [0.717, 1.165) is 0 Å². The maximum absolute atomic E-state index is 12.2. The lowest BCUT2D eigenvalue weighted by Crippen LogP contribution is -2.26. The number of nitrogen functional groups attached to an aromatic ring is 1. The average molecular weight is 364 g/mol. The lowest BCUT2D eigenvalue weighted by molar-refractivity contribution is -0.118. The van der Waals surface area contributed by atoms with Crippen LogP contribution in [0.3, 0.4) is 0 Å². The van der Waals surface area contributed by atoms with Crippen LogP contribution in [0.1, 0.15) is 24.8 Å². The Kier molecular flexibility index (Phi) is 5.97. The first-order chi connectivity index (χ1) is 9.24. The Morgan fingerprint density at radius 2 is 2.00 bits per heavy atom. The third-order valence-corrected chi connectivity index (χ3v) is 4.84. The van der Waals surface area contributed by atoms with Gasteiger partial charge in [0.25, 0.3) is 0 Å². The molecule has 0 unspecified atom stereocenters. The van der Waals surface area contributed by atoms with Gasteiger partial charge in [-0.1, -0.05) is 15.9 Å². The summed E-state index contributed by atoms with van der Waals surface area (Å²) in [7, 11) is -3.61. The lowest BCUT2D eigenvalue weighted by Gasteiger charge is -2.11. The van der Waals surface area contributed by atoms with Crippen LogP contribution in [-0.2, 0) is 14.8 Å². The standard InChI is InChI=1S/C12H18BrN3O3S/c1-8-10(14)6-9(13)7-11(8)20(18,19)16-5-3-2-4-12(15)17/h6-7,16H,2-5,14H2,1H3,(H2,15,17). The summed E-state index contributed by atoms with van der Waals surface area (Å²) in [5, 5.41) is 0. The number of halogens is 1. The Hall–Kier alpha value is -1.12. The topological polar surface area (TPSA) is 115 Å². The van der Waals surface area contributed by atoms with Gasteiger partial charge in [0.2, 0.25) is 15.9 Å². The largest absolute Gasteiger partial charge is 0.398 e. The fraction of sp³-hybridized carbons (Fsp3) is 0.417. The van der Waals surface area contributed by atoms with Crippen molar-refractivity contribution in [1.29, 1.82) is 0 Å². The van der Waals surface area contributed by atoms with E-state index in [1.54, 1.807) is 13.0 Å². The van der Waals surface area contributed by atoms with Gasteiger partial charge in [-0.15, -0.1) is 0 Å². The van der Waals surface area contributed by atoms with Crippen molar-refractivity contribution in [1.82, 2.24) is 4.72 Å². The number of rotatable bonds is 7. The van der Waals surface area contributed by atoms with Crippen molar-refractivity contribution in [3.05, 3.63) is 22.2 Å². The molecule has 0 heterocycles. The van der Waals surface area contributed by atoms with Gasteiger partial charge in [0, 0.05) is 23.1 Å². The third kappa shape index (κ3) is 4.77. The zero-order valence-corrected chi connectivity index (χ0v) is 13.6. The first-order valence-corrected chi connectivity index (χ1v) is 8.35. The van der Waals surface area contributed by atoms with Crippen LogP contribution in [0, 0.1) is 6.92 Å². The molecule has 0 atom stereocenters. The molecule has 8 heteroatoms. The maximum Gasteiger partial charge on any atom is 0.240 e. The van der Waals surface area contributed by atoms with Crippen molar-refractivity contribution < 1.29 is 13.2 Å². The fourth-order valence-corrected chi connectivity index (χ4v) is 3.66. The van der Waals surface area contributed by atoms with Crippen LogP contribution < -0.4 is 16.2 Å². The fourth-order valence-electron chi connectivity index (χ4n) is 1.66. The van der Waals surface area contributed by atoms with Crippen molar-refractivity contribution in [2.24, 2.45) is 5.73 Å². The summed E-state index contributed by atoms with van der Waals surface area (Å²) in [5.74, 6) is -0.386. The van der Waals surface area contributed by atoms with Crippen molar-refractivity contribution in [2.75, 3.05) is 12.3 Å². The number of sulfonamides is 1. The Morgan fingerprint density at radius 3 is 2.60 bits per heavy atom. The molecule has 1 amide bonds. The molecule has 6 nitrogen and oxygen atoms in total. The van der Waals surface area contributed by atoms with E-state index in [9.17, 15) is 13.2 Å². The minimum absolute atomic E-state index is 0.152. The molecule has 112 valence electrons. The maximum atomic E-state index is 12.2. The smallest absolute Gasteiger partial charge is 0.240 e. The van der Waals surface area contributed by atoms with Crippen molar-refractivity contribution in [3.8, 4) is 0 Å². The van der Waals surface area contributed by atoms with Gasteiger partial charge >= 0.3 is 0 Å². The number of benzene rings is 1. The van der Waals surface area contributed by atoms with Crippen LogP contribution in [0.5, 0.6) is 0 Å². The molecule has 0 spiro atoms. The van der Waals surface area contributed by atoms with E-state index in [2.05, 4.69) is 20.7 Å². The molecule has 0 aliphatic rings. The Morgan fingerprint density at radius 1 is 1.35 bits per heavy atom. The SMILES string of the molecule is Cc1c(N)cc(Br)cc1S(=O)(=O)NCCCCC(N)=O. The van der Waals surface area contributed by atoms with Gasteiger partial charge in [0.15, 0.2) is 0 Å². The first-order valence-electron chi connectivity index (χ1n) is 6.07. The van der Waals surface area contributed by atoms with E-state index >= 15 is 0 Å². The molecule has 20 heavy (non-hydrogen) atoms. The van der Waals surface area contributed by atoms with Crippen LogP contribution in [0.15, 0.2) is 21.5 Å². The van der Waals surface area contributed by atoms with E-state index in [1.165, 1.54) is 6.07 Å². The van der Waals surface area contributed by atoms with Crippen LogP contribution >= 0.6 is 15.9 Å². The van der Waals surface area contributed by atoms with Gasteiger partial charge in [-0.25, -0.2) is 13.1 Å². The number of unbranched alkanes of at least 4 members (excludes halogenated alkanes) is 1. The molecule has 1 aromatic rings. The quantitative estimate of drug-likeness (QED) is 0.499. The van der Waals surface area contributed by atoms with E-state index in [0.29, 0.717) is 28.6 Å². The molecule has 1 aromatic carbocycles. The Labute approximate surface area is 127 Å². The molecule has 0 aliphatic carbocycles. The van der Waals surface area contributed by atoms with Gasteiger partial charge < -0.3 is 11.5 Å². The molecule has 0 saturated heterocycles. The summed E-state index contributed by atoms with van der Waals surface area (Å²) in [5.41, 5.74) is 11.7. The molecule has 0 bridgehead atoms. The Bertz CT molecular complexity index is 602. The minimum atomic E-state index is -3.61. The van der Waals surface area contributed by atoms with Crippen molar-refractivity contribution in [2.45, 2.75) is 31.1 Å². The van der Waals surface area contributed by atoms with E-state index in [1.807, 2.05) is 0 Å². The molecule has 0 saturated carbocycles. The summed E-state index contributed by atoms with van der Waals surface area (Å²) in [6.45, 7) is 1.91. The summed E-state index contributed by atoms with van der Waals surface area (Å²) in [4.78, 5) is 10.7. The van der Waals surface area contributed by atoms with Crippen LogP contribution in [0.2, 0.25) is 0 Å². The molecular weight excluding hydrogens is 346 g/mol. The number of carbonyl (C=O) groups excluding carboxylic acids is 1. The average Bonchev–Trinajstić information content (AvgIpc) is 2.32. The number of hydrogen-bond acceptors (Lipinski definition) is 4. The number of nitrogens with one attached hydrogen (secondary N) is 1. The number of amides is 1. The highest BCUT2D eigenvalue weighted by atomic mass is 79.9. The lowest BCUT2D eigenvalue weighted by atomic mass is 10.2. The second-order valence-corrected chi connectivity index (χ2v) is 7.09. The van der Waals surface area contributed by atoms with Gasteiger partial charge in [0.1, 0.15) is 0 Å². The van der Waals surface area contributed by atoms with Crippen molar-refractivity contribution in [3.63, 3.8) is 0 Å². The summed E-state index contributed by atoms with van der Waals surface area (Å²) < 4.78 is 27.4. The van der Waals surface area contributed by atoms with E-state index in [4.69, 9.17) is 11.5 Å². The molecular formula is C12H18BrN3O3S. The molecule has 0 aromatic heterocycles. The van der Waals surface area contributed by atoms with E-state index in [-0.39, 0.29) is 23.8 Å². The summed E-state index contributed by atoms with van der Waals surface area (Å²) >= 11 is 3.22. The second kappa shape index (κ2) is 7.05.